The number of benzene rings is 3. The summed E-state index contributed by atoms with van der Waals surface area (Å²) in [4.78, 5) is 12.8. The Morgan fingerprint density at radius 3 is 2.14 bits per heavy atom. The molecule has 1 amide bonds. The molecule has 9 heteroatoms. The van der Waals surface area contributed by atoms with Crippen molar-refractivity contribution < 1.29 is 17.9 Å². The number of ether oxygens (including phenoxy) is 1. The van der Waals surface area contributed by atoms with E-state index in [2.05, 4.69) is 41.9 Å². The summed E-state index contributed by atoms with van der Waals surface area (Å²) in [5.74, 6) is 0.100. The van der Waals surface area contributed by atoms with Crippen LogP contribution in [-0.4, -0.2) is 21.4 Å². The van der Waals surface area contributed by atoms with Crippen LogP contribution in [0.2, 0.25) is 0 Å². The van der Waals surface area contributed by atoms with Crippen molar-refractivity contribution in [3.63, 3.8) is 0 Å². The predicted molar refractivity (Wildman–Crippen MR) is 120 cm³/mol. The van der Waals surface area contributed by atoms with Crippen LogP contribution in [0.25, 0.3) is 0 Å². The molecule has 0 bridgehead atoms. The number of hydrogen-bond donors (Lipinski definition) is 2. The summed E-state index contributed by atoms with van der Waals surface area (Å²) in [6.45, 7) is 0. The van der Waals surface area contributed by atoms with Crippen LogP contribution >= 0.6 is 31.9 Å². The molecule has 29 heavy (non-hydrogen) atoms. The van der Waals surface area contributed by atoms with Gasteiger partial charge in [-0.05, 0) is 66.7 Å². The standard InChI is InChI=1S/C20H16Br2N2O4S/c1-28-16-7-9-17(10-8-16)29(26,27)24-19-11-4-14(22)12-18(19)20(25)23-15-5-2-13(21)3-6-15/h2-12,24H,1H3,(H,23,25). The average Bonchev–Trinajstić information content (AvgIpc) is 2.71. The van der Waals surface area contributed by atoms with Crippen LogP contribution in [0.3, 0.4) is 0 Å². The van der Waals surface area contributed by atoms with Gasteiger partial charge in [0, 0.05) is 14.6 Å². The van der Waals surface area contributed by atoms with Crippen LogP contribution in [0.15, 0.2) is 80.6 Å². The van der Waals surface area contributed by atoms with Crippen molar-refractivity contribution in [2.24, 2.45) is 0 Å². The molecule has 2 N–H and O–H groups in total. The molecule has 3 aromatic carbocycles. The van der Waals surface area contributed by atoms with Crippen LogP contribution in [0, 0.1) is 0 Å². The maximum atomic E-state index is 12.8. The fourth-order valence-electron chi connectivity index (χ4n) is 2.48. The van der Waals surface area contributed by atoms with Crippen molar-refractivity contribution in [3.8, 4) is 5.75 Å². The van der Waals surface area contributed by atoms with Gasteiger partial charge in [-0.15, -0.1) is 0 Å². The number of nitrogens with one attached hydrogen (secondary N) is 2. The molecular formula is C20H16Br2N2O4S. The normalized spacial score (nSPS) is 11.0. The fourth-order valence-corrected chi connectivity index (χ4v) is 4.19. The number of amides is 1. The highest BCUT2D eigenvalue weighted by Crippen LogP contribution is 2.26. The van der Waals surface area contributed by atoms with Crippen LogP contribution in [0.5, 0.6) is 5.75 Å². The van der Waals surface area contributed by atoms with E-state index in [-0.39, 0.29) is 16.1 Å². The van der Waals surface area contributed by atoms with Crippen molar-refractivity contribution in [1.29, 1.82) is 0 Å². The molecule has 150 valence electrons. The molecule has 3 aromatic rings. The third-order valence-corrected chi connectivity index (χ3v) is 6.35. The first-order chi connectivity index (χ1) is 13.8. The van der Waals surface area contributed by atoms with Gasteiger partial charge in [-0.2, -0.15) is 0 Å². The van der Waals surface area contributed by atoms with E-state index >= 15 is 0 Å². The molecule has 6 nitrogen and oxygen atoms in total. The molecule has 0 fully saturated rings. The van der Waals surface area contributed by atoms with E-state index in [4.69, 9.17) is 4.74 Å². The molecule has 0 saturated heterocycles. The third kappa shape index (κ3) is 5.37. The number of hydrogen-bond acceptors (Lipinski definition) is 4. The molecule has 0 aliphatic carbocycles. The topological polar surface area (TPSA) is 84.5 Å². The molecule has 0 saturated carbocycles. The number of halogens is 2. The zero-order chi connectivity index (χ0) is 21.0. The molecule has 0 aromatic heterocycles. The van der Waals surface area contributed by atoms with Gasteiger partial charge >= 0.3 is 0 Å². The quantitative estimate of drug-likeness (QED) is 0.446. The maximum Gasteiger partial charge on any atom is 0.261 e. The Bertz CT molecular complexity index is 1130. The third-order valence-electron chi connectivity index (χ3n) is 3.94. The highest BCUT2D eigenvalue weighted by atomic mass is 79.9. The molecule has 0 aliphatic rings. The summed E-state index contributed by atoms with van der Waals surface area (Å²) >= 11 is 6.66. The molecule has 0 heterocycles. The van der Waals surface area contributed by atoms with Gasteiger partial charge in [0.25, 0.3) is 15.9 Å². The van der Waals surface area contributed by atoms with Crippen LogP contribution < -0.4 is 14.8 Å². The largest absolute Gasteiger partial charge is 0.497 e. The van der Waals surface area contributed by atoms with Crippen molar-refractivity contribution in [3.05, 3.63) is 81.2 Å². The van der Waals surface area contributed by atoms with Crippen molar-refractivity contribution in [2.75, 3.05) is 17.1 Å². The van der Waals surface area contributed by atoms with E-state index in [1.165, 1.54) is 25.3 Å². The van der Waals surface area contributed by atoms with E-state index in [1.54, 1.807) is 48.5 Å². The first-order valence-corrected chi connectivity index (χ1v) is 11.4. The van der Waals surface area contributed by atoms with Gasteiger partial charge in [-0.25, -0.2) is 8.42 Å². The Balaban J connectivity index is 1.89. The lowest BCUT2D eigenvalue weighted by atomic mass is 10.1. The summed E-state index contributed by atoms with van der Waals surface area (Å²) < 4.78 is 34.6. The number of methoxy groups -OCH3 is 1. The van der Waals surface area contributed by atoms with Gasteiger partial charge in [-0.1, -0.05) is 31.9 Å². The van der Waals surface area contributed by atoms with Gasteiger partial charge < -0.3 is 10.1 Å². The van der Waals surface area contributed by atoms with E-state index in [1.807, 2.05) is 0 Å². The Morgan fingerprint density at radius 2 is 1.52 bits per heavy atom. The number of anilines is 2. The number of carbonyl (C=O) groups excluding carboxylic acids is 1. The van der Waals surface area contributed by atoms with E-state index in [0.717, 1.165) is 4.47 Å². The molecular weight excluding hydrogens is 524 g/mol. The Morgan fingerprint density at radius 1 is 0.897 bits per heavy atom. The predicted octanol–water partition coefficient (Wildman–Crippen LogP) is 5.27. The van der Waals surface area contributed by atoms with Gasteiger partial charge in [0.15, 0.2) is 0 Å². The first-order valence-electron chi connectivity index (χ1n) is 8.32. The summed E-state index contributed by atoms with van der Waals surface area (Å²) in [5.41, 5.74) is 0.931. The molecule has 0 aliphatic heterocycles. The second kappa shape index (κ2) is 8.98. The summed E-state index contributed by atoms with van der Waals surface area (Å²) in [6.07, 6.45) is 0. The number of rotatable bonds is 6. The minimum Gasteiger partial charge on any atom is -0.497 e. The lowest BCUT2D eigenvalue weighted by molar-refractivity contribution is 0.102. The maximum absolute atomic E-state index is 12.8. The number of sulfonamides is 1. The van der Waals surface area contributed by atoms with Crippen molar-refractivity contribution in [1.82, 2.24) is 0 Å². The average molecular weight is 540 g/mol. The minimum atomic E-state index is -3.89. The van der Waals surface area contributed by atoms with Gasteiger partial charge in [0.05, 0.1) is 23.3 Å². The van der Waals surface area contributed by atoms with E-state index in [9.17, 15) is 13.2 Å². The summed E-state index contributed by atoms with van der Waals surface area (Å²) in [7, 11) is -2.39. The van der Waals surface area contributed by atoms with Crippen LogP contribution in [-0.2, 0) is 10.0 Å². The van der Waals surface area contributed by atoms with Gasteiger partial charge in [0.1, 0.15) is 5.75 Å². The van der Waals surface area contributed by atoms with Gasteiger partial charge in [0.2, 0.25) is 0 Å². The highest BCUT2D eigenvalue weighted by Gasteiger charge is 2.19. The fraction of sp³-hybridized carbons (Fsp3) is 0.0500. The lowest BCUT2D eigenvalue weighted by Gasteiger charge is -2.14. The van der Waals surface area contributed by atoms with Gasteiger partial charge in [-0.3, -0.25) is 9.52 Å². The van der Waals surface area contributed by atoms with Crippen LogP contribution in [0.4, 0.5) is 11.4 Å². The monoisotopic (exact) mass is 538 g/mol. The molecule has 0 unspecified atom stereocenters. The first kappa shape index (κ1) is 21.4. The Kier molecular flexibility index (Phi) is 6.61. The zero-order valence-electron chi connectivity index (χ0n) is 15.1. The minimum absolute atomic E-state index is 0.0560. The molecule has 0 atom stereocenters. The SMILES string of the molecule is COc1ccc(S(=O)(=O)Nc2ccc(Br)cc2C(=O)Nc2ccc(Br)cc2)cc1. The summed E-state index contributed by atoms with van der Waals surface area (Å²) in [5, 5.41) is 2.76. The zero-order valence-corrected chi connectivity index (χ0v) is 19.1. The van der Waals surface area contributed by atoms with Crippen molar-refractivity contribution >= 4 is 59.2 Å². The smallest absolute Gasteiger partial charge is 0.261 e. The van der Waals surface area contributed by atoms with Crippen LogP contribution in [0.1, 0.15) is 10.4 Å². The molecule has 0 radical (unpaired) electrons. The van der Waals surface area contributed by atoms with E-state index < -0.39 is 15.9 Å². The Hall–Kier alpha value is -2.36. The second-order valence-corrected chi connectivity index (χ2v) is 9.45. The second-order valence-electron chi connectivity index (χ2n) is 5.93. The lowest BCUT2D eigenvalue weighted by Crippen LogP contribution is -2.18. The van der Waals surface area contributed by atoms with Crippen molar-refractivity contribution in [2.45, 2.75) is 4.90 Å². The highest BCUT2D eigenvalue weighted by molar-refractivity contribution is 9.10. The van der Waals surface area contributed by atoms with E-state index in [0.29, 0.717) is 15.9 Å². The number of carbonyl (C=O) groups is 1. The summed E-state index contributed by atoms with van der Waals surface area (Å²) in [6, 6.07) is 17.8. The molecule has 0 spiro atoms. The molecule has 3 rings (SSSR count). The Labute approximate surface area is 185 Å².